The Bertz CT molecular complexity index is 993. The van der Waals surface area contributed by atoms with E-state index < -0.39 is 0 Å². The first-order chi connectivity index (χ1) is 11.7. The SMILES string of the molecule is Cc1cc(C)n2cc(CSc3nnc(-c4ccccc4)o3)nc2n1. The van der Waals surface area contributed by atoms with E-state index in [1.807, 2.05) is 60.8 Å². The number of thioether (sulfide) groups is 1. The average molecular weight is 337 g/mol. The van der Waals surface area contributed by atoms with Crippen LogP contribution >= 0.6 is 11.8 Å². The fourth-order valence-electron chi connectivity index (χ4n) is 2.49. The van der Waals surface area contributed by atoms with Crippen LogP contribution < -0.4 is 0 Å². The number of benzene rings is 1. The molecule has 4 rings (SSSR count). The highest BCUT2D eigenvalue weighted by Gasteiger charge is 2.11. The first-order valence-corrected chi connectivity index (χ1v) is 8.51. The number of aryl methyl sites for hydroxylation is 2. The van der Waals surface area contributed by atoms with Crippen molar-refractivity contribution in [2.45, 2.75) is 24.8 Å². The van der Waals surface area contributed by atoms with Crippen LogP contribution in [0.1, 0.15) is 17.1 Å². The van der Waals surface area contributed by atoms with Crippen LogP contribution in [0, 0.1) is 13.8 Å². The zero-order valence-corrected chi connectivity index (χ0v) is 14.1. The number of nitrogens with zero attached hydrogens (tertiary/aromatic N) is 5. The lowest BCUT2D eigenvalue weighted by Gasteiger charge is -1.98. The van der Waals surface area contributed by atoms with Crippen molar-refractivity contribution in [3.63, 3.8) is 0 Å². The van der Waals surface area contributed by atoms with Gasteiger partial charge in [-0.05, 0) is 32.0 Å². The maximum Gasteiger partial charge on any atom is 0.277 e. The predicted molar refractivity (Wildman–Crippen MR) is 91.8 cm³/mol. The normalized spacial score (nSPS) is 11.2. The molecular weight excluding hydrogens is 322 g/mol. The molecule has 24 heavy (non-hydrogen) atoms. The van der Waals surface area contributed by atoms with Gasteiger partial charge in [0.2, 0.25) is 11.7 Å². The van der Waals surface area contributed by atoms with Gasteiger partial charge >= 0.3 is 0 Å². The first kappa shape index (κ1) is 14.9. The second-order valence-corrected chi connectivity index (χ2v) is 6.40. The van der Waals surface area contributed by atoms with Gasteiger partial charge in [0.1, 0.15) is 0 Å². The van der Waals surface area contributed by atoms with Crippen LogP contribution in [0.3, 0.4) is 0 Å². The van der Waals surface area contributed by atoms with E-state index >= 15 is 0 Å². The Morgan fingerprint density at radius 1 is 1.08 bits per heavy atom. The number of rotatable bonds is 4. The minimum atomic E-state index is 0.529. The third kappa shape index (κ3) is 2.90. The summed E-state index contributed by atoms with van der Waals surface area (Å²) in [4.78, 5) is 9.00. The van der Waals surface area contributed by atoms with E-state index in [9.17, 15) is 0 Å². The van der Waals surface area contributed by atoms with Gasteiger partial charge in [-0.2, -0.15) is 0 Å². The van der Waals surface area contributed by atoms with Crippen LogP contribution in [-0.2, 0) is 5.75 Å². The van der Waals surface area contributed by atoms with Gasteiger partial charge in [-0.1, -0.05) is 30.0 Å². The summed E-state index contributed by atoms with van der Waals surface area (Å²) in [5.41, 5.74) is 3.93. The topological polar surface area (TPSA) is 69.1 Å². The molecule has 7 heteroatoms. The van der Waals surface area contributed by atoms with E-state index in [2.05, 4.69) is 20.2 Å². The van der Waals surface area contributed by atoms with Crippen molar-refractivity contribution in [1.82, 2.24) is 24.6 Å². The lowest BCUT2D eigenvalue weighted by Crippen LogP contribution is -1.94. The molecule has 0 spiro atoms. The van der Waals surface area contributed by atoms with Gasteiger partial charge in [0.05, 0.1) is 5.69 Å². The van der Waals surface area contributed by atoms with E-state index in [4.69, 9.17) is 4.42 Å². The third-order valence-electron chi connectivity index (χ3n) is 3.58. The van der Waals surface area contributed by atoms with E-state index in [0.717, 1.165) is 28.4 Å². The molecule has 0 aliphatic rings. The lowest BCUT2D eigenvalue weighted by atomic mass is 10.2. The molecule has 0 unspecified atom stereocenters. The zero-order chi connectivity index (χ0) is 16.5. The summed E-state index contributed by atoms with van der Waals surface area (Å²) in [7, 11) is 0. The Morgan fingerprint density at radius 3 is 2.75 bits per heavy atom. The molecule has 0 aliphatic carbocycles. The van der Waals surface area contributed by atoms with Gasteiger partial charge in [0.25, 0.3) is 5.22 Å². The molecule has 0 saturated heterocycles. The predicted octanol–water partition coefficient (Wildman–Crippen LogP) is 3.69. The van der Waals surface area contributed by atoms with Crippen LogP contribution in [0.15, 0.2) is 52.2 Å². The van der Waals surface area contributed by atoms with Crippen LogP contribution in [0.25, 0.3) is 17.2 Å². The van der Waals surface area contributed by atoms with Crippen molar-refractivity contribution in [3.8, 4) is 11.5 Å². The Hall–Kier alpha value is -2.67. The summed E-state index contributed by atoms with van der Waals surface area (Å²) >= 11 is 1.47. The van der Waals surface area contributed by atoms with E-state index in [0.29, 0.717) is 16.9 Å². The minimum Gasteiger partial charge on any atom is -0.411 e. The molecule has 1 aromatic carbocycles. The fraction of sp³-hybridized carbons (Fsp3) is 0.176. The van der Waals surface area contributed by atoms with Crippen molar-refractivity contribution in [2.75, 3.05) is 0 Å². The molecule has 3 aromatic heterocycles. The monoisotopic (exact) mass is 337 g/mol. The first-order valence-electron chi connectivity index (χ1n) is 7.53. The van der Waals surface area contributed by atoms with Gasteiger partial charge in [-0.15, -0.1) is 10.2 Å². The van der Waals surface area contributed by atoms with Crippen LogP contribution in [0.4, 0.5) is 0 Å². The van der Waals surface area contributed by atoms with Gasteiger partial charge in [0.15, 0.2) is 0 Å². The smallest absolute Gasteiger partial charge is 0.277 e. The maximum absolute atomic E-state index is 5.70. The second kappa shape index (κ2) is 6.09. The highest BCUT2D eigenvalue weighted by Crippen LogP contribution is 2.25. The van der Waals surface area contributed by atoms with Crippen molar-refractivity contribution >= 4 is 17.5 Å². The molecule has 0 bridgehead atoms. The van der Waals surface area contributed by atoms with Crippen LogP contribution in [0.5, 0.6) is 0 Å². The van der Waals surface area contributed by atoms with Crippen molar-refractivity contribution in [1.29, 1.82) is 0 Å². The average Bonchev–Trinajstić information content (AvgIpc) is 3.20. The molecule has 3 heterocycles. The molecule has 0 N–H and O–H groups in total. The largest absolute Gasteiger partial charge is 0.411 e. The number of fused-ring (bicyclic) bond motifs is 1. The molecule has 0 atom stereocenters. The molecule has 0 aliphatic heterocycles. The fourth-order valence-corrected chi connectivity index (χ4v) is 3.14. The van der Waals surface area contributed by atoms with E-state index in [1.54, 1.807) is 0 Å². The third-order valence-corrected chi connectivity index (χ3v) is 4.43. The summed E-state index contributed by atoms with van der Waals surface area (Å²) in [6, 6.07) is 11.8. The van der Waals surface area contributed by atoms with Gasteiger partial charge in [-0.25, -0.2) is 9.97 Å². The summed E-state index contributed by atoms with van der Waals surface area (Å²) in [5, 5.41) is 8.72. The van der Waals surface area contributed by atoms with Crippen molar-refractivity contribution in [2.24, 2.45) is 0 Å². The molecule has 4 aromatic rings. The molecule has 0 saturated carbocycles. The molecule has 120 valence electrons. The summed E-state index contributed by atoms with van der Waals surface area (Å²) < 4.78 is 7.69. The van der Waals surface area contributed by atoms with Crippen molar-refractivity contribution in [3.05, 3.63) is 59.7 Å². The number of hydrogen-bond donors (Lipinski definition) is 0. The second-order valence-electron chi connectivity index (χ2n) is 5.47. The maximum atomic E-state index is 5.70. The standard InChI is InChI=1S/C17H15N5OS/c1-11-8-12(2)22-9-14(19-16(22)18-11)10-24-17-21-20-15(23-17)13-6-4-3-5-7-13/h3-9H,10H2,1-2H3. The Balaban J connectivity index is 1.51. The molecule has 0 fully saturated rings. The van der Waals surface area contributed by atoms with E-state index in [1.165, 1.54) is 11.8 Å². The Labute approximate surface area is 143 Å². The number of aromatic nitrogens is 5. The Kier molecular flexibility index (Phi) is 3.78. The van der Waals surface area contributed by atoms with E-state index in [-0.39, 0.29) is 0 Å². The quantitative estimate of drug-likeness (QED) is 0.529. The molecule has 0 amide bonds. The highest BCUT2D eigenvalue weighted by atomic mass is 32.2. The highest BCUT2D eigenvalue weighted by molar-refractivity contribution is 7.98. The van der Waals surface area contributed by atoms with Crippen LogP contribution in [0.2, 0.25) is 0 Å². The molecule has 6 nitrogen and oxygen atoms in total. The Morgan fingerprint density at radius 2 is 1.92 bits per heavy atom. The molecule has 0 radical (unpaired) electrons. The number of imidazole rings is 1. The summed E-state index contributed by atoms with van der Waals surface area (Å²) in [5.74, 6) is 1.90. The minimum absolute atomic E-state index is 0.529. The lowest BCUT2D eigenvalue weighted by molar-refractivity contribution is 0.466. The summed E-state index contributed by atoms with van der Waals surface area (Å²) in [6.45, 7) is 4.02. The summed E-state index contributed by atoms with van der Waals surface area (Å²) in [6.07, 6.45) is 2.00. The number of hydrogen-bond acceptors (Lipinski definition) is 6. The van der Waals surface area contributed by atoms with Gasteiger partial charge < -0.3 is 4.42 Å². The zero-order valence-electron chi connectivity index (χ0n) is 13.3. The van der Waals surface area contributed by atoms with Crippen molar-refractivity contribution < 1.29 is 4.42 Å². The van der Waals surface area contributed by atoms with Gasteiger partial charge in [-0.3, -0.25) is 4.40 Å². The van der Waals surface area contributed by atoms with Crippen LogP contribution in [-0.4, -0.2) is 24.6 Å². The van der Waals surface area contributed by atoms with Gasteiger partial charge in [0, 0.05) is 28.9 Å². The molecular formula is C17H15N5OS.